The molecule has 0 fully saturated rings. The maximum absolute atomic E-state index is 12.4. The van der Waals surface area contributed by atoms with Crippen LogP contribution in [0.3, 0.4) is 0 Å². The van der Waals surface area contributed by atoms with Gasteiger partial charge >= 0.3 is 6.03 Å². The van der Waals surface area contributed by atoms with E-state index in [0.29, 0.717) is 5.69 Å². The lowest BCUT2D eigenvalue weighted by atomic mass is 10.1. The number of carbonyl (C=O) groups is 2. The van der Waals surface area contributed by atoms with Crippen LogP contribution in [0.25, 0.3) is 0 Å². The highest BCUT2D eigenvalue weighted by atomic mass is 35.5. The number of anilines is 1. The van der Waals surface area contributed by atoms with Gasteiger partial charge in [0.1, 0.15) is 5.56 Å². The van der Waals surface area contributed by atoms with E-state index in [1.807, 2.05) is 0 Å². The minimum absolute atomic E-state index is 0.114. The average Bonchev–Trinajstić information content (AvgIpc) is 2.54. The number of halogens is 1. The topological polar surface area (TPSA) is 127 Å². The zero-order chi connectivity index (χ0) is 18.6. The van der Waals surface area contributed by atoms with Gasteiger partial charge in [-0.25, -0.2) is 4.79 Å². The average molecular weight is 363 g/mol. The molecule has 130 valence electrons. The molecular weight excluding hydrogens is 348 g/mol. The number of rotatable bonds is 5. The van der Waals surface area contributed by atoms with E-state index in [9.17, 15) is 19.7 Å². The molecule has 0 bridgehead atoms. The molecule has 0 aliphatic heterocycles. The Morgan fingerprint density at radius 1 is 1.20 bits per heavy atom. The molecule has 0 aromatic heterocycles. The van der Waals surface area contributed by atoms with Crippen molar-refractivity contribution in [1.82, 2.24) is 5.32 Å². The van der Waals surface area contributed by atoms with Crippen molar-refractivity contribution in [2.45, 2.75) is 13.0 Å². The third kappa shape index (κ3) is 4.67. The number of nitrogens with zero attached hydrogens (tertiary/aromatic N) is 1. The molecule has 0 saturated heterocycles. The van der Waals surface area contributed by atoms with Crippen LogP contribution in [-0.4, -0.2) is 16.9 Å². The summed E-state index contributed by atoms with van der Waals surface area (Å²) in [7, 11) is 0. The van der Waals surface area contributed by atoms with Gasteiger partial charge in [0, 0.05) is 16.8 Å². The first-order valence-corrected chi connectivity index (χ1v) is 7.57. The van der Waals surface area contributed by atoms with Gasteiger partial charge in [-0.05, 0) is 36.8 Å². The molecule has 1 atom stereocenters. The van der Waals surface area contributed by atoms with E-state index in [2.05, 4.69) is 10.6 Å². The number of nitro groups is 1. The lowest BCUT2D eigenvalue weighted by Crippen LogP contribution is -2.27. The van der Waals surface area contributed by atoms with E-state index in [1.54, 1.807) is 31.2 Å². The molecule has 0 heterocycles. The van der Waals surface area contributed by atoms with Gasteiger partial charge in [0.15, 0.2) is 0 Å². The summed E-state index contributed by atoms with van der Waals surface area (Å²) in [5.74, 6) is -0.610. The van der Waals surface area contributed by atoms with E-state index in [4.69, 9.17) is 17.3 Å². The van der Waals surface area contributed by atoms with Gasteiger partial charge in [-0.1, -0.05) is 23.7 Å². The third-order valence-electron chi connectivity index (χ3n) is 3.43. The number of hydrogen-bond donors (Lipinski definition) is 3. The molecule has 2 rings (SSSR count). The molecule has 25 heavy (non-hydrogen) atoms. The summed E-state index contributed by atoms with van der Waals surface area (Å²) in [6, 6.07) is 9.34. The van der Waals surface area contributed by atoms with Gasteiger partial charge in [-0.3, -0.25) is 14.9 Å². The van der Waals surface area contributed by atoms with Crippen LogP contribution >= 0.6 is 11.6 Å². The van der Waals surface area contributed by atoms with Crippen molar-refractivity contribution >= 4 is 34.9 Å². The Bertz CT molecular complexity index is 823. The highest BCUT2D eigenvalue weighted by molar-refractivity contribution is 6.31. The number of hydrogen-bond acceptors (Lipinski definition) is 4. The Balaban J connectivity index is 2.16. The number of carbonyl (C=O) groups excluding carboxylic acids is 2. The summed E-state index contributed by atoms with van der Waals surface area (Å²) in [5, 5.41) is 16.4. The summed E-state index contributed by atoms with van der Waals surface area (Å²) in [5.41, 5.74) is 5.85. The molecule has 8 nitrogen and oxygen atoms in total. The van der Waals surface area contributed by atoms with E-state index >= 15 is 0 Å². The van der Waals surface area contributed by atoms with Crippen molar-refractivity contribution in [3.63, 3.8) is 0 Å². The molecule has 0 aliphatic carbocycles. The van der Waals surface area contributed by atoms with Gasteiger partial charge in [0.25, 0.3) is 11.6 Å². The van der Waals surface area contributed by atoms with Gasteiger partial charge in [0.2, 0.25) is 0 Å². The number of nitro benzene ring substituents is 1. The monoisotopic (exact) mass is 362 g/mol. The van der Waals surface area contributed by atoms with Gasteiger partial charge < -0.3 is 16.4 Å². The fourth-order valence-corrected chi connectivity index (χ4v) is 2.38. The van der Waals surface area contributed by atoms with Gasteiger partial charge in [-0.2, -0.15) is 0 Å². The Labute approximate surface area is 148 Å². The number of urea groups is 1. The van der Waals surface area contributed by atoms with Crippen LogP contribution in [0.1, 0.15) is 28.9 Å². The molecule has 4 N–H and O–H groups in total. The fourth-order valence-electron chi connectivity index (χ4n) is 2.20. The summed E-state index contributed by atoms with van der Waals surface area (Å²) in [6.07, 6.45) is 0. The zero-order valence-corrected chi connectivity index (χ0v) is 13.9. The SMILES string of the molecule is CC(NC(=O)c1cc(Cl)ccc1[N+](=O)[O-])c1ccc(NC(N)=O)cc1. The molecule has 3 amide bonds. The zero-order valence-electron chi connectivity index (χ0n) is 13.2. The largest absolute Gasteiger partial charge is 0.351 e. The second kappa shape index (κ2) is 7.63. The Kier molecular flexibility index (Phi) is 5.56. The summed E-state index contributed by atoms with van der Waals surface area (Å²) >= 11 is 5.83. The van der Waals surface area contributed by atoms with Gasteiger partial charge in [0.05, 0.1) is 11.0 Å². The first kappa shape index (κ1) is 18.2. The molecule has 0 radical (unpaired) electrons. The maximum Gasteiger partial charge on any atom is 0.316 e. The normalized spacial score (nSPS) is 11.4. The lowest BCUT2D eigenvalue weighted by molar-refractivity contribution is -0.385. The molecule has 0 saturated carbocycles. The number of amides is 3. The number of benzene rings is 2. The van der Waals surface area contributed by atoms with Crippen LogP contribution in [0, 0.1) is 10.1 Å². The highest BCUT2D eigenvalue weighted by Crippen LogP contribution is 2.24. The quantitative estimate of drug-likeness (QED) is 0.557. The number of primary amides is 1. The standard InChI is InChI=1S/C16H15ClN4O4/c1-9(10-2-5-12(6-3-10)20-16(18)23)19-15(22)13-8-11(17)4-7-14(13)21(24)25/h2-9H,1H3,(H,19,22)(H3,18,20,23). The Hall–Kier alpha value is -3.13. The van der Waals surface area contributed by atoms with E-state index in [-0.39, 0.29) is 16.3 Å². The molecule has 9 heteroatoms. The van der Waals surface area contributed by atoms with Crippen molar-refractivity contribution in [2.24, 2.45) is 5.73 Å². The second-order valence-electron chi connectivity index (χ2n) is 5.22. The Morgan fingerprint density at radius 2 is 1.84 bits per heavy atom. The molecule has 0 spiro atoms. The lowest BCUT2D eigenvalue weighted by Gasteiger charge is -2.15. The van der Waals surface area contributed by atoms with Crippen molar-refractivity contribution < 1.29 is 14.5 Å². The Morgan fingerprint density at radius 3 is 2.40 bits per heavy atom. The summed E-state index contributed by atoms with van der Waals surface area (Å²) in [6.45, 7) is 1.73. The van der Waals surface area contributed by atoms with Crippen LogP contribution in [0.2, 0.25) is 5.02 Å². The minimum Gasteiger partial charge on any atom is -0.351 e. The van der Waals surface area contributed by atoms with Crippen molar-refractivity contribution in [3.05, 3.63) is 68.7 Å². The molecule has 2 aromatic rings. The van der Waals surface area contributed by atoms with E-state index < -0.39 is 22.9 Å². The molecule has 0 aliphatic rings. The highest BCUT2D eigenvalue weighted by Gasteiger charge is 2.22. The van der Waals surface area contributed by atoms with E-state index in [1.165, 1.54) is 18.2 Å². The molecule has 1 unspecified atom stereocenters. The third-order valence-corrected chi connectivity index (χ3v) is 3.66. The molecule has 2 aromatic carbocycles. The molecular formula is C16H15ClN4O4. The first-order chi connectivity index (χ1) is 11.8. The predicted molar refractivity (Wildman–Crippen MR) is 93.6 cm³/mol. The predicted octanol–water partition coefficient (Wildman–Crippen LogP) is 3.23. The van der Waals surface area contributed by atoms with Crippen molar-refractivity contribution in [1.29, 1.82) is 0 Å². The minimum atomic E-state index is -0.678. The number of nitrogens with two attached hydrogens (primary N) is 1. The van der Waals surface area contributed by atoms with Crippen LogP contribution in [0.5, 0.6) is 0 Å². The van der Waals surface area contributed by atoms with Crippen LogP contribution in [0.15, 0.2) is 42.5 Å². The fraction of sp³-hybridized carbons (Fsp3) is 0.125. The summed E-state index contributed by atoms with van der Waals surface area (Å²) < 4.78 is 0. The smallest absolute Gasteiger partial charge is 0.316 e. The van der Waals surface area contributed by atoms with E-state index in [0.717, 1.165) is 5.56 Å². The number of nitrogens with one attached hydrogen (secondary N) is 2. The van der Waals surface area contributed by atoms with Gasteiger partial charge in [-0.15, -0.1) is 0 Å². The van der Waals surface area contributed by atoms with Crippen molar-refractivity contribution in [3.8, 4) is 0 Å². The second-order valence-corrected chi connectivity index (χ2v) is 5.66. The van der Waals surface area contributed by atoms with Crippen LogP contribution in [-0.2, 0) is 0 Å². The maximum atomic E-state index is 12.4. The first-order valence-electron chi connectivity index (χ1n) is 7.19. The van der Waals surface area contributed by atoms with Crippen molar-refractivity contribution in [2.75, 3.05) is 5.32 Å². The van der Waals surface area contributed by atoms with Crippen LogP contribution < -0.4 is 16.4 Å². The van der Waals surface area contributed by atoms with Crippen LogP contribution in [0.4, 0.5) is 16.2 Å². The summed E-state index contributed by atoms with van der Waals surface area (Å²) in [4.78, 5) is 33.6.